The third-order valence-electron chi connectivity index (χ3n) is 4.58. The van der Waals surface area contributed by atoms with Crippen LogP contribution in [0.3, 0.4) is 0 Å². The molecule has 1 atom stereocenters. The van der Waals surface area contributed by atoms with E-state index < -0.39 is 10.8 Å². The summed E-state index contributed by atoms with van der Waals surface area (Å²) in [5.74, 6) is 0.0536. The summed E-state index contributed by atoms with van der Waals surface area (Å²) in [4.78, 5) is 17.9. The van der Waals surface area contributed by atoms with E-state index in [4.69, 9.17) is 5.73 Å². The summed E-state index contributed by atoms with van der Waals surface area (Å²) >= 11 is 0. The fourth-order valence-electron chi connectivity index (χ4n) is 3.05. The van der Waals surface area contributed by atoms with E-state index in [9.17, 15) is 9.00 Å². The summed E-state index contributed by atoms with van der Waals surface area (Å²) in [5, 5.41) is 4.27. The van der Waals surface area contributed by atoms with Gasteiger partial charge in [0.05, 0.1) is 17.4 Å². The zero-order valence-corrected chi connectivity index (χ0v) is 16.5. The molecule has 2 heterocycles. The second-order valence-electron chi connectivity index (χ2n) is 6.45. The quantitative estimate of drug-likeness (QED) is 0.516. The lowest BCUT2D eigenvalue weighted by Gasteiger charge is -2.07. The molecule has 0 saturated heterocycles. The molecule has 2 aromatic carbocycles. The third-order valence-corrected chi connectivity index (χ3v) is 5.52. The van der Waals surface area contributed by atoms with Crippen LogP contribution in [0.2, 0.25) is 0 Å². The lowest BCUT2D eigenvalue weighted by atomic mass is 10.00. The maximum atomic E-state index is 13.0. The van der Waals surface area contributed by atoms with Gasteiger partial charge in [0.15, 0.2) is 5.78 Å². The van der Waals surface area contributed by atoms with Gasteiger partial charge in [0, 0.05) is 45.5 Å². The van der Waals surface area contributed by atoms with Gasteiger partial charge in [0.25, 0.3) is 0 Å². The number of nitrogens with zero attached hydrogens (tertiary/aromatic N) is 3. The number of benzene rings is 2. The molecule has 0 aliphatic carbocycles. The Morgan fingerprint density at radius 3 is 2.45 bits per heavy atom. The van der Waals surface area contributed by atoms with Crippen molar-refractivity contribution in [1.82, 2.24) is 14.8 Å². The van der Waals surface area contributed by atoms with Crippen molar-refractivity contribution >= 4 is 22.4 Å². The van der Waals surface area contributed by atoms with E-state index >= 15 is 0 Å². The molecule has 0 aliphatic heterocycles. The van der Waals surface area contributed by atoms with Crippen LogP contribution < -0.4 is 5.73 Å². The second-order valence-corrected chi connectivity index (χ2v) is 7.83. The van der Waals surface area contributed by atoms with Gasteiger partial charge in [0.1, 0.15) is 5.82 Å². The first-order chi connectivity index (χ1) is 14.0. The van der Waals surface area contributed by atoms with E-state index in [1.165, 1.54) is 10.9 Å². The van der Waals surface area contributed by atoms with Crippen LogP contribution in [0, 0.1) is 0 Å². The van der Waals surface area contributed by atoms with Crippen molar-refractivity contribution in [1.29, 1.82) is 0 Å². The molecule has 4 rings (SSSR count). The molecule has 0 fully saturated rings. The van der Waals surface area contributed by atoms with Crippen molar-refractivity contribution < 1.29 is 9.00 Å². The Morgan fingerprint density at radius 1 is 1.00 bits per heavy atom. The fourth-order valence-corrected chi connectivity index (χ4v) is 3.57. The number of carbonyl (C=O) groups excluding carboxylic acids is 1. The van der Waals surface area contributed by atoms with Gasteiger partial charge in [-0.15, -0.1) is 0 Å². The average molecular weight is 402 g/mol. The van der Waals surface area contributed by atoms with E-state index in [-0.39, 0.29) is 11.6 Å². The molecule has 0 bridgehead atoms. The summed E-state index contributed by atoms with van der Waals surface area (Å²) < 4.78 is 13.1. The molecule has 0 spiro atoms. The zero-order valence-electron chi connectivity index (χ0n) is 15.6. The van der Waals surface area contributed by atoms with Crippen LogP contribution in [0.15, 0.2) is 84.1 Å². The summed E-state index contributed by atoms with van der Waals surface area (Å²) in [6, 6.07) is 18.2. The maximum Gasteiger partial charge on any atom is 0.198 e. The molecule has 0 aliphatic rings. The summed E-state index contributed by atoms with van der Waals surface area (Å²) in [6.07, 6.45) is 6.55. The number of rotatable bonds is 5. The first-order valence-electron chi connectivity index (χ1n) is 8.87. The standard InChI is InChI=1S/C22H18N4O2S/c1-29(28)19-9-7-18(8-10-19)26-22(23)20(14-25-26)21(27)16-5-2-4-15(12-16)17-6-3-11-24-13-17/h2-14H,23H2,1H3. The number of nitrogens with two attached hydrogens (primary N) is 1. The molecule has 0 amide bonds. The monoisotopic (exact) mass is 402 g/mol. The number of hydrogen-bond donors (Lipinski definition) is 1. The van der Waals surface area contributed by atoms with Crippen molar-refractivity contribution in [2.45, 2.75) is 4.90 Å². The van der Waals surface area contributed by atoms with E-state index in [1.807, 2.05) is 30.3 Å². The summed E-state index contributed by atoms with van der Waals surface area (Å²) in [6.45, 7) is 0. The van der Waals surface area contributed by atoms with Crippen molar-refractivity contribution in [3.05, 3.63) is 90.4 Å². The van der Waals surface area contributed by atoms with Crippen molar-refractivity contribution in [3.8, 4) is 16.8 Å². The van der Waals surface area contributed by atoms with Crippen molar-refractivity contribution in [3.63, 3.8) is 0 Å². The zero-order chi connectivity index (χ0) is 20.4. The molecule has 2 aromatic heterocycles. The minimum Gasteiger partial charge on any atom is -0.383 e. The number of hydrogen-bond acceptors (Lipinski definition) is 5. The molecule has 2 N–H and O–H groups in total. The number of anilines is 1. The van der Waals surface area contributed by atoms with Gasteiger partial charge in [-0.05, 0) is 42.0 Å². The topological polar surface area (TPSA) is 90.9 Å². The fraction of sp³-hybridized carbons (Fsp3) is 0.0455. The van der Waals surface area contributed by atoms with E-state index in [2.05, 4.69) is 10.1 Å². The van der Waals surface area contributed by atoms with Crippen LogP contribution >= 0.6 is 0 Å². The van der Waals surface area contributed by atoms with Crippen LogP contribution in [-0.2, 0) is 10.8 Å². The third kappa shape index (κ3) is 3.72. The molecule has 29 heavy (non-hydrogen) atoms. The first kappa shape index (κ1) is 18.8. The molecular weight excluding hydrogens is 384 g/mol. The SMILES string of the molecule is CS(=O)c1ccc(-n2ncc(C(=O)c3cccc(-c4cccnc4)c3)c2N)cc1. The van der Waals surface area contributed by atoms with Crippen LogP contribution in [0.5, 0.6) is 0 Å². The number of nitrogen functional groups attached to an aromatic ring is 1. The lowest BCUT2D eigenvalue weighted by Crippen LogP contribution is -2.07. The average Bonchev–Trinajstić information content (AvgIpc) is 3.15. The Kier molecular flexibility index (Phi) is 5.05. The second kappa shape index (κ2) is 7.81. The number of carbonyl (C=O) groups is 1. The van der Waals surface area contributed by atoms with Crippen LogP contribution in [0.1, 0.15) is 15.9 Å². The van der Waals surface area contributed by atoms with Gasteiger partial charge in [-0.2, -0.15) is 5.10 Å². The molecule has 4 aromatic rings. The highest BCUT2D eigenvalue weighted by molar-refractivity contribution is 7.84. The van der Waals surface area contributed by atoms with E-state index in [1.54, 1.807) is 49.0 Å². The smallest absolute Gasteiger partial charge is 0.198 e. The highest BCUT2D eigenvalue weighted by Gasteiger charge is 2.18. The highest BCUT2D eigenvalue weighted by Crippen LogP contribution is 2.24. The number of pyridine rings is 1. The van der Waals surface area contributed by atoms with E-state index in [0.717, 1.165) is 11.1 Å². The minimum atomic E-state index is -1.06. The Hall–Kier alpha value is -3.58. The Morgan fingerprint density at radius 2 is 1.76 bits per heavy atom. The largest absolute Gasteiger partial charge is 0.383 e. The van der Waals surface area contributed by atoms with Gasteiger partial charge >= 0.3 is 0 Å². The predicted molar refractivity (Wildman–Crippen MR) is 113 cm³/mol. The predicted octanol–water partition coefficient (Wildman–Crippen LogP) is 3.48. The first-order valence-corrected chi connectivity index (χ1v) is 10.4. The van der Waals surface area contributed by atoms with Gasteiger partial charge in [-0.3, -0.25) is 14.0 Å². The van der Waals surface area contributed by atoms with Crippen LogP contribution in [-0.4, -0.2) is 31.0 Å². The molecule has 0 radical (unpaired) electrons. The van der Waals surface area contributed by atoms with Gasteiger partial charge < -0.3 is 5.73 Å². The summed E-state index contributed by atoms with van der Waals surface area (Å²) in [7, 11) is -1.06. The molecule has 7 heteroatoms. The van der Waals surface area contributed by atoms with Crippen molar-refractivity contribution in [2.24, 2.45) is 0 Å². The molecule has 1 unspecified atom stereocenters. The number of aromatic nitrogens is 3. The van der Waals surface area contributed by atoms with Crippen LogP contribution in [0.25, 0.3) is 16.8 Å². The number of ketones is 1. The summed E-state index contributed by atoms with van der Waals surface area (Å²) in [5.41, 5.74) is 9.61. The Bertz CT molecular complexity index is 1200. The normalized spacial score (nSPS) is 11.9. The molecule has 6 nitrogen and oxygen atoms in total. The van der Waals surface area contributed by atoms with Crippen molar-refractivity contribution in [2.75, 3.05) is 12.0 Å². The van der Waals surface area contributed by atoms with Gasteiger partial charge in [-0.1, -0.05) is 24.3 Å². The molecule has 0 saturated carbocycles. The van der Waals surface area contributed by atoms with Gasteiger partial charge in [0.2, 0.25) is 0 Å². The highest BCUT2D eigenvalue weighted by atomic mass is 32.2. The molecule has 144 valence electrons. The van der Waals surface area contributed by atoms with Crippen LogP contribution in [0.4, 0.5) is 5.82 Å². The van der Waals surface area contributed by atoms with E-state index in [0.29, 0.717) is 21.7 Å². The maximum absolute atomic E-state index is 13.0. The lowest BCUT2D eigenvalue weighted by molar-refractivity contribution is 0.103. The minimum absolute atomic E-state index is 0.203. The Labute approximate surface area is 170 Å². The van der Waals surface area contributed by atoms with Gasteiger partial charge in [-0.25, -0.2) is 4.68 Å². The Balaban J connectivity index is 1.66. The molecular formula is C22H18N4O2S.